The maximum Gasteiger partial charge on any atom is 0.154 e. The first-order chi connectivity index (χ1) is 10.1. The monoisotopic (exact) mass is 308 g/mol. The van der Waals surface area contributed by atoms with E-state index in [-0.39, 0.29) is 5.25 Å². The van der Waals surface area contributed by atoms with Crippen molar-refractivity contribution in [3.05, 3.63) is 35.9 Å². The highest BCUT2D eigenvalue weighted by molar-refractivity contribution is 7.92. The third-order valence-corrected chi connectivity index (χ3v) is 6.85. The van der Waals surface area contributed by atoms with Gasteiger partial charge in [0.2, 0.25) is 0 Å². The highest BCUT2D eigenvalue weighted by Crippen LogP contribution is 2.21. The third-order valence-electron chi connectivity index (χ3n) is 4.59. The number of benzene rings is 1. The number of nitrogens with zero attached hydrogens (tertiary/aromatic N) is 1. The maximum absolute atomic E-state index is 12.0. The molecule has 2 atom stereocenters. The van der Waals surface area contributed by atoms with Gasteiger partial charge in [0, 0.05) is 32.2 Å². The van der Waals surface area contributed by atoms with Gasteiger partial charge in [0.15, 0.2) is 9.84 Å². The number of hydrogen-bond acceptors (Lipinski definition) is 4. The Balaban J connectivity index is 1.56. The minimum absolute atomic E-state index is 0.132. The van der Waals surface area contributed by atoms with Crippen LogP contribution in [0.5, 0.6) is 0 Å². The van der Waals surface area contributed by atoms with Gasteiger partial charge in [0.1, 0.15) is 0 Å². The molecule has 3 rings (SSSR count). The molecule has 0 bridgehead atoms. The molecule has 2 saturated heterocycles. The Morgan fingerprint density at radius 3 is 2.76 bits per heavy atom. The fraction of sp³-hybridized carbons (Fsp3) is 0.625. The summed E-state index contributed by atoms with van der Waals surface area (Å²) in [5.74, 6) is 0.386. The van der Waals surface area contributed by atoms with Crippen molar-refractivity contribution in [3.63, 3.8) is 0 Å². The molecule has 0 amide bonds. The molecule has 2 aliphatic rings. The summed E-state index contributed by atoms with van der Waals surface area (Å²) < 4.78 is 23.9. The minimum Gasteiger partial charge on any atom is -0.311 e. The van der Waals surface area contributed by atoms with Crippen molar-refractivity contribution in [2.24, 2.45) is 0 Å². The highest BCUT2D eigenvalue weighted by Gasteiger charge is 2.33. The molecular weight excluding hydrogens is 284 g/mol. The quantitative estimate of drug-likeness (QED) is 0.904. The van der Waals surface area contributed by atoms with Gasteiger partial charge in [-0.05, 0) is 24.8 Å². The van der Waals surface area contributed by atoms with E-state index in [4.69, 9.17) is 0 Å². The Bertz CT molecular complexity index is 559. The van der Waals surface area contributed by atoms with Crippen LogP contribution >= 0.6 is 0 Å². The molecule has 1 aromatic rings. The number of piperazine rings is 1. The lowest BCUT2D eigenvalue weighted by Crippen LogP contribution is -2.53. The van der Waals surface area contributed by atoms with E-state index in [1.807, 2.05) is 6.07 Å². The average Bonchev–Trinajstić information content (AvgIpc) is 2.79. The fourth-order valence-corrected chi connectivity index (χ4v) is 5.31. The van der Waals surface area contributed by atoms with Gasteiger partial charge in [0.05, 0.1) is 11.0 Å². The molecule has 1 N–H and O–H groups in total. The van der Waals surface area contributed by atoms with Gasteiger partial charge < -0.3 is 5.32 Å². The first kappa shape index (κ1) is 15.0. The van der Waals surface area contributed by atoms with Gasteiger partial charge in [-0.25, -0.2) is 8.42 Å². The van der Waals surface area contributed by atoms with Crippen molar-refractivity contribution >= 4 is 9.84 Å². The number of rotatable bonds is 4. The number of sulfone groups is 1. The van der Waals surface area contributed by atoms with E-state index in [9.17, 15) is 8.42 Å². The van der Waals surface area contributed by atoms with Crippen LogP contribution in [0.1, 0.15) is 18.4 Å². The van der Waals surface area contributed by atoms with Crippen LogP contribution in [-0.4, -0.2) is 56.5 Å². The van der Waals surface area contributed by atoms with E-state index in [1.165, 1.54) is 5.56 Å². The number of nitrogens with one attached hydrogen (secondary N) is 1. The predicted octanol–water partition coefficient (Wildman–Crippen LogP) is 1.08. The van der Waals surface area contributed by atoms with Gasteiger partial charge >= 0.3 is 0 Å². The molecule has 2 heterocycles. The Hall–Kier alpha value is -0.910. The van der Waals surface area contributed by atoms with Crippen LogP contribution in [0.15, 0.2) is 30.3 Å². The molecule has 0 radical (unpaired) electrons. The molecule has 21 heavy (non-hydrogen) atoms. The van der Waals surface area contributed by atoms with Gasteiger partial charge in [-0.15, -0.1) is 0 Å². The lowest BCUT2D eigenvalue weighted by Gasteiger charge is -2.35. The maximum atomic E-state index is 12.0. The van der Waals surface area contributed by atoms with Crippen molar-refractivity contribution in [3.8, 4) is 0 Å². The van der Waals surface area contributed by atoms with Crippen LogP contribution in [0.25, 0.3) is 0 Å². The topological polar surface area (TPSA) is 49.4 Å². The zero-order chi connectivity index (χ0) is 14.7. The smallest absolute Gasteiger partial charge is 0.154 e. The first-order valence-electron chi connectivity index (χ1n) is 7.85. The Labute approximate surface area is 127 Å². The molecule has 2 aliphatic heterocycles. The Morgan fingerprint density at radius 1 is 1.24 bits per heavy atom. The van der Waals surface area contributed by atoms with Gasteiger partial charge in [-0.1, -0.05) is 30.3 Å². The zero-order valence-corrected chi connectivity index (χ0v) is 13.2. The zero-order valence-electron chi connectivity index (χ0n) is 12.4. The molecule has 5 heteroatoms. The largest absolute Gasteiger partial charge is 0.311 e. The van der Waals surface area contributed by atoms with Crippen LogP contribution in [-0.2, 0) is 16.3 Å². The van der Waals surface area contributed by atoms with Crippen molar-refractivity contribution in [1.29, 1.82) is 0 Å². The summed E-state index contributed by atoms with van der Waals surface area (Å²) in [6.45, 7) is 3.57. The van der Waals surface area contributed by atoms with Crippen molar-refractivity contribution in [1.82, 2.24) is 10.2 Å². The fourth-order valence-electron chi connectivity index (χ4n) is 3.45. The second kappa shape index (κ2) is 6.46. The van der Waals surface area contributed by atoms with Gasteiger partial charge in [-0.3, -0.25) is 4.90 Å². The molecule has 116 valence electrons. The summed E-state index contributed by atoms with van der Waals surface area (Å²) in [6, 6.07) is 10.9. The summed E-state index contributed by atoms with van der Waals surface area (Å²) >= 11 is 0. The minimum atomic E-state index is -2.82. The van der Waals surface area contributed by atoms with Crippen LogP contribution in [0.4, 0.5) is 0 Å². The van der Waals surface area contributed by atoms with Gasteiger partial charge in [0.25, 0.3) is 0 Å². The molecule has 0 spiro atoms. The van der Waals surface area contributed by atoms with E-state index in [0.717, 1.165) is 45.4 Å². The SMILES string of the molecule is O=S1(=O)CCCC1CN1CCNC(Cc2ccccc2)C1. The van der Waals surface area contributed by atoms with Crippen LogP contribution < -0.4 is 5.32 Å². The summed E-state index contributed by atoms with van der Waals surface area (Å²) in [7, 11) is -2.82. The average molecular weight is 308 g/mol. The van der Waals surface area contributed by atoms with E-state index >= 15 is 0 Å². The standard InChI is InChI=1S/C16H24N2O2S/c19-21(20)10-4-7-16(21)13-18-9-8-17-15(12-18)11-14-5-2-1-3-6-14/h1-3,5-6,15-17H,4,7-13H2. The normalized spacial score (nSPS) is 29.5. The van der Waals surface area contributed by atoms with Gasteiger partial charge in [-0.2, -0.15) is 0 Å². The summed E-state index contributed by atoms with van der Waals surface area (Å²) in [5.41, 5.74) is 1.34. The van der Waals surface area contributed by atoms with Crippen molar-refractivity contribution < 1.29 is 8.42 Å². The molecule has 2 fully saturated rings. The molecule has 2 unspecified atom stereocenters. The van der Waals surface area contributed by atoms with Crippen LogP contribution in [0.2, 0.25) is 0 Å². The second-order valence-electron chi connectivity index (χ2n) is 6.23. The number of hydrogen-bond donors (Lipinski definition) is 1. The van der Waals surface area contributed by atoms with Crippen LogP contribution in [0.3, 0.4) is 0 Å². The van der Waals surface area contributed by atoms with Crippen LogP contribution in [0, 0.1) is 0 Å². The Kier molecular flexibility index (Phi) is 4.62. The third kappa shape index (κ3) is 3.84. The van der Waals surface area contributed by atoms with E-state index in [2.05, 4.69) is 34.5 Å². The molecular formula is C16H24N2O2S. The molecule has 0 aliphatic carbocycles. The first-order valence-corrected chi connectivity index (χ1v) is 9.56. The molecule has 0 saturated carbocycles. The molecule has 1 aromatic carbocycles. The lowest BCUT2D eigenvalue weighted by atomic mass is 10.0. The molecule has 0 aromatic heterocycles. The summed E-state index contributed by atoms with van der Waals surface area (Å²) in [5, 5.41) is 3.42. The van der Waals surface area contributed by atoms with E-state index in [1.54, 1.807) is 0 Å². The van der Waals surface area contributed by atoms with Crippen molar-refractivity contribution in [2.75, 3.05) is 31.9 Å². The predicted molar refractivity (Wildman–Crippen MR) is 85.2 cm³/mol. The summed E-state index contributed by atoms with van der Waals surface area (Å²) in [4.78, 5) is 2.33. The lowest BCUT2D eigenvalue weighted by molar-refractivity contribution is 0.198. The Morgan fingerprint density at radius 2 is 2.05 bits per heavy atom. The second-order valence-corrected chi connectivity index (χ2v) is 8.63. The van der Waals surface area contributed by atoms with Crippen molar-refractivity contribution in [2.45, 2.75) is 30.6 Å². The molecule has 4 nitrogen and oxygen atoms in total. The van der Waals surface area contributed by atoms with E-state index in [0.29, 0.717) is 11.8 Å². The van der Waals surface area contributed by atoms with E-state index < -0.39 is 9.84 Å². The highest BCUT2D eigenvalue weighted by atomic mass is 32.2. The summed E-state index contributed by atoms with van der Waals surface area (Å²) in [6.07, 6.45) is 2.69.